The Labute approximate surface area is 59.7 Å². The van der Waals surface area contributed by atoms with Crippen LogP contribution in [0.15, 0.2) is 0 Å². The van der Waals surface area contributed by atoms with Gasteiger partial charge in [0.1, 0.15) is 5.60 Å². The lowest BCUT2D eigenvalue weighted by Gasteiger charge is -2.21. The van der Waals surface area contributed by atoms with Crippen LogP contribution in [0.5, 0.6) is 0 Å². The smallest absolute Gasteiger partial charge is 0.405 e. The molecule has 58 valence electrons. The molecule has 0 radical (unpaired) electrons. The van der Waals surface area contributed by atoms with Crippen molar-refractivity contribution >= 4 is 6.09 Å². The number of hydrogen-bond donors (Lipinski definition) is 2. The van der Waals surface area contributed by atoms with Gasteiger partial charge in [0.25, 0.3) is 0 Å². The lowest BCUT2D eigenvalue weighted by Crippen LogP contribution is -2.35. The van der Waals surface area contributed by atoms with Crippen LogP contribution < -0.4 is 11.1 Å². The molecule has 1 unspecified atom stereocenters. The highest BCUT2D eigenvalue weighted by Gasteiger charge is 2.31. The summed E-state index contributed by atoms with van der Waals surface area (Å²) in [6.45, 7) is 3.47. The molecular weight excluding hydrogens is 132 g/mol. The Morgan fingerprint density at radius 1 is 1.80 bits per heavy atom. The van der Waals surface area contributed by atoms with Crippen molar-refractivity contribution in [3.05, 3.63) is 0 Å². The summed E-state index contributed by atoms with van der Waals surface area (Å²) in [5.41, 5.74) is 4.50. The van der Waals surface area contributed by atoms with E-state index >= 15 is 0 Å². The van der Waals surface area contributed by atoms with Crippen LogP contribution in [0.2, 0.25) is 0 Å². The fraction of sp³-hybridized carbons (Fsp3) is 0.833. The maximum absolute atomic E-state index is 10.3. The number of amides is 1. The summed E-state index contributed by atoms with van der Waals surface area (Å²) >= 11 is 0. The number of ether oxygens (including phenoxy) is 1. The van der Waals surface area contributed by atoms with Gasteiger partial charge in [0.15, 0.2) is 0 Å². The van der Waals surface area contributed by atoms with E-state index in [9.17, 15) is 4.79 Å². The fourth-order valence-corrected chi connectivity index (χ4v) is 1.12. The van der Waals surface area contributed by atoms with Crippen LogP contribution in [0.4, 0.5) is 4.79 Å². The van der Waals surface area contributed by atoms with Crippen LogP contribution in [-0.4, -0.2) is 24.8 Å². The van der Waals surface area contributed by atoms with Crippen molar-refractivity contribution in [2.24, 2.45) is 5.73 Å². The Hall–Kier alpha value is -0.770. The first kappa shape index (κ1) is 7.34. The highest BCUT2D eigenvalue weighted by atomic mass is 16.6. The van der Waals surface area contributed by atoms with E-state index < -0.39 is 6.09 Å². The zero-order chi connectivity index (χ0) is 7.61. The molecule has 1 saturated heterocycles. The minimum absolute atomic E-state index is 0.369. The summed E-state index contributed by atoms with van der Waals surface area (Å²) in [5, 5.41) is 3.09. The maximum Gasteiger partial charge on any atom is 0.405 e. The van der Waals surface area contributed by atoms with Crippen LogP contribution in [0.1, 0.15) is 13.3 Å². The molecular formula is C6H12N2O2. The van der Waals surface area contributed by atoms with Gasteiger partial charge in [0.05, 0.1) is 0 Å². The molecule has 1 atom stereocenters. The summed E-state index contributed by atoms with van der Waals surface area (Å²) in [6, 6.07) is 0. The van der Waals surface area contributed by atoms with Gasteiger partial charge in [-0.2, -0.15) is 0 Å². The van der Waals surface area contributed by atoms with Crippen molar-refractivity contribution in [2.75, 3.05) is 13.1 Å². The predicted molar refractivity (Wildman–Crippen MR) is 36.6 cm³/mol. The van der Waals surface area contributed by atoms with Gasteiger partial charge in [-0.15, -0.1) is 0 Å². The highest BCUT2D eigenvalue weighted by Crippen LogP contribution is 2.17. The normalized spacial score (nSPS) is 32.1. The Morgan fingerprint density at radius 3 is 2.90 bits per heavy atom. The molecule has 1 heterocycles. The van der Waals surface area contributed by atoms with Crippen LogP contribution in [0.3, 0.4) is 0 Å². The summed E-state index contributed by atoms with van der Waals surface area (Å²) in [5.74, 6) is 0. The van der Waals surface area contributed by atoms with Crippen molar-refractivity contribution in [3.8, 4) is 0 Å². The second-order valence-electron chi connectivity index (χ2n) is 2.80. The molecule has 0 bridgehead atoms. The third-order valence-corrected chi connectivity index (χ3v) is 1.68. The number of carbonyl (C=O) groups excluding carboxylic acids is 1. The second kappa shape index (κ2) is 2.46. The summed E-state index contributed by atoms with van der Waals surface area (Å²) < 4.78 is 4.88. The maximum atomic E-state index is 10.3. The van der Waals surface area contributed by atoms with Crippen molar-refractivity contribution in [1.29, 1.82) is 0 Å². The molecule has 10 heavy (non-hydrogen) atoms. The minimum atomic E-state index is -0.689. The highest BCUT2D eigenvalue weighted by molar-refractivity contribution is 5.65. The Kier molecular flexibility index (Phi) is 1.80. The van der Waals surface area contributed by atoms with Gasteiger partial charge in [0.2, 0.25) is 0 Å². The van der Waals surface area contributed by atoms with Crippen molar-refractivity contribution in [2.45, 2.75) is 18.9 Å². The monoisotopic (exact) mass is 144 g/mol. The fourth-order valence-electron chi connectivity index (χ4n) is 1.12. The molecule has 0 aromatic rings. The van der Waals surface area contributed by atoms with Gasteiger partial charge >= 0.3 is 6.09 Å². The van der Waals surface area contributed by atoms with Crippen LogP contribution in [0, 0.1) is 0 Å². The van der Waals surface area contributed by atoms with Crippen LogP contribution in [0.25, 0.3) is 0 Å². The van der Waals surface area contributed by atoms with Gasteiger partial charge in [-0.1, -0.05) is 0 Å². The van der Waals surface area contributed by atoms with Gasteiger partial charge < -0.3 is 15.8 Å². The zero-order valence-corrected chi connectivity index (χ0v) is 6.02. The average molecular weight is 144 g/mol. The lowest BCUT2D eigenvalue weighted by atomic mass is 10.1. The second-order valence-corrected chi connectivity index (χ2v) is 2.80. The van der Waals surface area contributed by atoms with E-state index in [0.29, 0.717) is 6.54 Å². The Balaban J connectivity index is 2.43. The van der Waals surface area contributed by atoms with E-state index in [-0.39, 0.29) is 5.60 Å². The van der Waals surface area contributed by atoms with E-state index in [1.165, 1.54) is 0 Å². The molecule has 0 aromatic heterocycles. The Bertz CT molecular complexity index is 141. The zero-order valence-electron chi connectivity index (χ0n) is 6.02. The SMILES string of the molecule is CC1(OC(N)=O)CCNC1. The Morgan fingerprint density at radius 2 is 2.50 bits per heavy atom. The quantitative estimate of drug-likeness (QED) is 0.537. The number of carbonyl (C=O) groups is 1. The first-order chi connectivity index (χ1) is 4.62. The van der Waals surface area contributed by atoms with Gasteiger partial charge in [-0.05, 0) is 13.5 Å². The van der Waals surface area contributed by atoms with E-state index in [1.54, 1.807) is 0 Å². The van der Waals surface area contributed by atoms with Gasteiger partial charge in [-0.25, -0.2) is 4.79 Å². The van der Waals surface area contributed by atoms with E-state index in [1.807, 2.05) is 6.92 Å². The third-order valence-electron chi connectivity index (χ3n) is 1.68. The molecule has 0 aliphatic carbocycles. The molecule has 4 nitrogen and oxygen atoms in total. The largest absolute Gasteiger partial charge is 0.442 e. The lowest BCUT2D eigenvalue weighted by molar-refractivity contribution is 0.0467. The molecule has 3 N–H and O–H groups in total. The number of rotatable bonds is 1. The molecule has 4 heteroatoms. The van der Waals surface area contributed by atoms with E-state index in [0.717, 1.165) is 13.0 Å². The molecule has 0 aromatic carbocycles. The first-order valence-corrected chi connectivity index (χ1v) is 3.32. The average Bonchev–Trinajstić information content (AvgIpc) is 2.12. The molecule has 0 saturated carbocycles. The van der Waals surface area contributed by atoms with Gasteiger partial charge in [-0.3, -0.25) is 0 Å². The molecule has 1 aliphatic rings. The molecule has 1 aliphatic heterocycles. The number of hydrogen-bond acceptors (Lipinski definition) is 3. The first-order valence-electron chi connectivity index (χ1n) is 3.32. The summed E-state index contributed by atoms with van der Waals surface area (Å²) in [7, 11) is 0. The standard InChI is InChI=1S/C6H12N2O2/c1-6(10-5(7)9)2-3-8-4-6/h8H,2-4H2,1H3,(H2,7,9). The number of nitrogens with one attached hydrogen (secondary N) is 1. The van der Waals surface area contributed by atoms with Crippen LogP contribution in [-0.2, 0) is 4.74 Å². The molecule has 1 rings (SSSR count). The summed E-state index contributed by atoms with van der Waals surface area (Å²) in [6.07, 6.45) is 0.154. The number of primary amides is 1. The topological polar surface area (TPSA) is 64.3 Å². The van der Waals surface area contributed by atoms with Crippen molar-refractivity contribution < 1.29 is 9.53 Å². The molecule has 1 fully saturated rings. The van der Waals surface area contributed by atoms with Gasteiger partial charge in [0, 0.05) is 13.0 Å². The predicted octanol–water partition coefficient (Wildman–Crippen LogP) is -0.166. The van der Waals surface area contributed by atoms with E-state index in [2.05, 4.69) is 5.32 Å². The van der Waals surface area contributed by atoms with Crippen molar-refractivity contribution in [3.63, 3.8) is 0 Å². The molecule has 0 spiro atoms. The third kappa shape index (κ3) is 1.60. The number of nitrogens with two attached hydrogens (primary N) is 1. The minimum Gasteiger partial charge on any atom is -0.442 e. The molecule has 1 amide bonds. The van der Waals surface area contributed by atoms with Crippen LogP contribution >= 0.6 is 0 Å². The summed E-state index contributed by atoms with van der Waals surface area (Å²) in [4.78, 5) is 10.3. The van der Waals surface area contributed by atoms with Crippen molar-refractivity contribution in [1.82, 2.24) is 5.32 Å². The van der Waals surface area contributed by atoms with E-state index in [4.69, 9.17) is 10.5 Å².